The first-order chi connectivity index (χ1) is 14.8. The summed E-state index contributed by atoms with van der Waals surface area (Å²) < 4.78 is 5.75. The molecule has 3 aromatic carbocycles. The van der Waals surface area contributed by atoms with Gasteiger partial charge in [0.2, 0.25) is 0 Å². The van der Waals surface area contributed by atoms with E-state index in [1.807, 2.05) is 18.2 Å². The number of carboxylic acids is 1. The molecule has 1 saturated carbocycles. The second-order valence-electron chi connectivity index (χ2n) is 9.57. The maximum Gasteiger partial charge on any atom is 0.347 e. The van der Waals surface area contributed by atoms with Gasteiger partial charge in [-0.1, -0.05) is 61.5 Å². The van der Waals surface area contributed by atoms with Crippen LogP contribution in [0.4, 0.5) is 0 Å². The Morgan fingerprint density at radius 2 is 1.81 bits per heavy atom. The average Bonchev–Trinajstić information content (AvgIpc) is 3.21. The summed E-state index contributed by atoms with van der Waals surface area (Å²) in [4.78, 5) is 11.4. The molecule has 0 aliphatic heterocycles. The minimum atomic E-state index is -1.23. The van der Waals surface area contributed by atoms with Gasteiger partial charge in [0.1, 0.15) is 5.75 Å². The first-order valence-corrected chi connectivity index (χ1v) is 11.3. The van der Waals surface area contributed by atoms with Crippen LogP contribution in [0.2, 0.25) is 0 Å². The van der Waals surface area contributed by atoms with E-state index in [1.54, 1.807) is 13.8 Å². The van der Waals surface area contributed by atoms with Crippen molar-refractivity contribution in [3.63, 3.8) is 0 Å². The maximum absolute atomic E-state index is 11.4. The molecule has 4 rings (SSSR count). The highest BCUT2D eigenvalue weighted by atomic mass is 16.5. The second-order valence-corrected chi connectivity index (χ2v) is 9.57. The van der Waals surface area contributed by atoms with E-state index in [1.165, 1.54) is 47.6 Å². The molecule has 31 heavy (non-hydrogen) atoms. The van der Waals surface area contributed by atoms with Gasteiger partial charge in [0.05, 0.1) is 0 Å². The van der Waals surface area contributed by atoms with Crippen LogP contribution in [0.3, 0.4) is 0 Å². The Balaban J connectivity index is 1.43. The van der Waals surface area contributed by atoms with Gasteiger partial charge in [-0.3, -0.25) is 0 Å². The van der Waals surface area contributed by atoms with Crippen LogP contribution in [0, 0.1) is 5.92 Å². The van der Waals surface area contributed by atoms with E-state index in [0.29, 0.717) is 23.5 Å². The Kier molecular flexibility index (Phi) is 6.04. The van der Waals surface area contributed by atoms with Gasteiger partial charge in [-0.05, 0) is 91.3 Å². The molecule has 0 radical (unpaired) electrons. The van der Waals surface area contributed by atoms with Crippen molar-refractivity contribution in [2.45, 2.75) is 63.9 Å². The topological polar surface area (TPSA) is 46.5 Å². The van der Waals surface area contributed by atoms with Gasteiger partial charge in [0.15, 0.2) is 5.60 Å². The molecule has 162 valence electrons. The van der Waals surface area contributed by atoms with Gasteiger partial charge in [0.25, 0.3) is 0 Å². The molecule has 3 heteroatoms. The van der Waals surface area contributed by atoms with E-state index >= 15 is 0 Å². The molecular formula is C28H32O3. The number of rotatable bonds is 7. The fraction of sp³-hybridized carbons (Fsp3) is 0.393. The number of carbonyl (C=O) groups is 1. The van der Waals surface area contributed by atoms with Gasteiger partial charge in [-0.2, -0.15) is 0 Å². The predicted octanol–water partition coefficient (Wildman–Crippen LogP) is 7.16. The summed E-state index contributed by atoms with van der Waals surface area (Å²) in [6, 6.07) is 23.3. The Morgan fingerprint density at radius 3 is 2.61 bits per heavy atom. The summed E-state index contributed by atoms with van der Waals surface area (Å²) in [6.45, 7) is 5.53. The summed E-state index contributed by atoms with van der Waals surface area (Å²) in [5, 5.41) is 12.0. The molecule has 3 aromatic rings. The molecule has 1 fully saturated rings. The van der Waals surface area contributed by atoms with Crippen LogP contribution < -0.4 is 4.74 Å². The van der Waals surface area contributed by atoms with E-state index < -0.39 is 11.6 Å². The highest BCUT2D eigenvalue weighted by Gasteiger charge is 2.31. The number of hydrogen-bond donors (Lipinski definition) is 1. The summed E-state index contributed by atoms with van der Waals surface area (Å²) >= 11 is 0. The molecule has 3 nitrogen and oxygen atoms in total. The number of ether oxygens (including phenoxy) is 1. The van der Waals surface area contributed by atoms with Gasteiger partial charge in [-0.15, -0.1) is 0 Å². The molecule has 0 aromatic heterocycles. The summed E-state index contributed by atoms with van der Waals surface area (Å²) in [6.07, 6.45) is 4.80. The van der Waals surface area contributed by atoms with Crippen LogP contribution in [-0.4, -0.2) is 16.7 Å². The molecule has 0 heterocycles. The molecule has 1 aliphatic carbocycles. The number of fused-ring (bicyclic) bond motifs is 1. The molecule has 0 spiro atoms. The average molecular weight is 417 g/mol. The molecule has 1 aliphatic rings. The fourth-order valence-corrected chi connectivity index (χ4v) is 5.07. The lowest BCUT2D eigenvalue weighted by atomic mass is 9.86. The number of benzene rings is 3. The highest BCUT2D eigenvalue weighted by molar-refractivity contribution is 5.86. The Morgan fingerprint density at radius 1 is 1.06 bits per heavy atom. The lowest BCUT2D eigenvalue weighted by Crippen LogP contribution is -2.37. The van der Waals surface area contributed by atoms with Crippen molar-refractivity contribution < 1.29 is 14.6 Å². The monoisotopic (exact) mass is 416 g/mol. The van der Waals surface area contributed by atoms with Gasteiger partial charge in [-0.25, -0.2) is 4.79 Å². The van der Waals surface area contributed by atoms with Crippen molar-refractivity contribution in [2.24, 2.45) is 5.92 Å². The van der Waals surface area contributed by atoms with E-state index in [9.17, 15) is 9.90 Å². The van der Waals surface area contributed by atoms with Crippen LogP contribution in [0.25, 0.3) is 10.8 Å². The molecule has 0 saturated heterocycles. The highest BCUT2D eigenvalue weighted by Crippen LogP contribution is 2.43. The Bertz CT molecular complexity index is 1060. The second kappa shape index (κ2) is 8.74. The minimum absolute atomic E-state index is 0.515. The molecule has 0 bridgehead atoms. The van der Waals surface area contributed by atoms with Gasteiger partial charge < -0.3 is 9.84 Å². The van der Waals surface area contributed by atoms with E-state index in [-0.39, 0.29) is 0 Å². The van der Waals surface area contributed by atoms with Crippen LogP contribution in [0.15, 0.2) is 66.7 Å². The van der Waals surface area contributed by atoms with Gasteiger partial charge in [0, 0.05) is 0 Å². The number of aliphatic carboxylic acids is 1. The van der Waals surface area contributed by atoms with E-state index in [2.05, 4.69) is 55.5 Å². The SMILES string of the molecule is C[C@@H](CC1CCC(c2cccc(OC(C)(C)C(=O)O)c2)C1)c1cccc2ccccc12. The van der Waals surface area contributed by atoms with Gasteiger partial charge >= 0.3 is 5.97 Å². The van der Waals surface area contributed by atoms with Crippen molar-refractivity contribution >= 4 is 16.7 Å². The normalized spacial score (nSPS) is 20.0. The molecular weight excluding hydrogens is 384 g/mol. The zero-order valence-corrected chi connectivity index (χ0v) is 18.7. The lowest BCUT2D eigenvalue weighted by molar-refractivity contribution is -0.152. The largest absolute Gasteiger partial charge is 0.478 e. The molecule has 0 amide bonds. The summed E-state index contributed by atoms with van der Waals surface area (Å²) in [5.74, 6) is 1.43. The zero-order valence-electron chi connectivity index (χ0n) is 18.7. The molecule has 3 atom stereocenters. The van der Waals surface area contributed by atoms with Crippen molar-refractivity contribution in [1.29, 1.82) is 0 Å². The molecule has 1 N–H and O–H groups in total. The van der Waals surface area contributed by atoms with Crippen molar-refractivity contribution in [2.75, 3.05) is 0 Å². The lowest BCUT2D eigenvalue weighted by Gasteiger charge is -2.22. The molecule has 2 unspecified atom stereocenters. The third kappa shape index (κ3) is 4.76. The van der Waals surface area contributed by atoms with Crippen LogP contribution in [-0.2, 0) is 4.79 Å². The van der Waals surface area contributed by atoms with E-state index in [0.717, 1.165) is 0 Å². The zero-order chi connectivity index (χ0) is 22.0. The quantitative estimate of drug-likeness (QED) is 0.444. The predicted molar refractivity (Wildman–Crippen MR) is 126 cm³/mol. The fourth-order valence-electron chi connectivity index (χ4n) is 5.07. The summed E-state index contributed by atoms with van der Waals surface area (Å²) in [7, 11) is 0. The van der Waals surface area contributed by atoms with Crippen molar-refractivity contribution in [3.8, 4) is 5.75 Å². The standard InChI is InChI=1S/C28H32O3/c1-19(25-13-7-9-21-8-4-5-12-26(21)25)16-20-14-15-23(17-20)22-10-6-11-24(18-22)31-28(2,3)27(29)30/h4-13,18-20,23H,14-17H2,1-3H3,(H,29,30)/t19-,20?,23?/m0/s1. The van der Waals surface area contributed by atoms with Crippen LogP contribution in [0.1, 0.15) is 69.4 Å². The maximum atomic E-state index is 11.4. The first-order valence-electron chi connectivity index (χ1n) is 11.3. The van der Waals surface area contributed by atoms with Crippen molar-refractivity contribution in [3.05, 3.63) is 77.9 Å². The van der Waals surface area contributed by atoms with E-state index in [4.69, 9.17) is 4.74 Å². The summed E-state index contributed by atoms with van der Waals surface area (Å²) in [5.41, 5.74) is 1.48. The number of hydrogen-bond acceptors (Lipinski definition) is 2. The smallest absolute Gasteiger partial charge is 0.347 e. The third-order valence-corrected chi connectivity index (χ3v) is 6.80. The third-order valence-electron chi connectivity index (χ3n) is 6.80. The number of carboxylic acid groups (broad SMARTS) is 1. The van der Waals surface area contributed by atoms with Crippen molar-refractivity contribution in [1.82, 2.24) is 0 Å². The van der Waals surface area contributed by atoms with Crippen LogP contribution in [0.5, 0.6) is 5.75 Å². The Hall–Kier alpha value is -2.81. The Labute approximate surface area is 185 Å². The minimum Gasteiger partial charge on any atom is -0.478 e. The first kappa shape index (κ1) is 21.4. The van der Waals surface area contributed by atoms with Crippen LogP contribution >= 0.6 is 0 Å².